The van der Waals surface area contributed by atoms with Gasteiger partial charge in [-0.2, -0.15) is 0 Å². The molecule has 2 amide bonds. The van der Waals surface area contributed by atoms with E-state index in [1.54, 1.807) is 0 Å². The molecule has 2 aromatic carbocycles. The molecule has 0 aromatic heterocycles. The molecule has 1 saturated heterocycles. The maximum absolute atomic E-state index is 12.5. The van der Waals surface area contributed by atoms with Crippen LogP contribution in [0.4, 0.5) is 0 Å². The lowest BCUT2D eigenvalue weighted by molar-refractivity contribution is -0.129. The van der Waals surface area contributed by atoms with Crippen LogP contribution in [0.2, 0.25) is 0 Å². The van der Waals surface area contributed by atoms with Crippen molar-refractivity contribution in [3.05, 3.63) is 65.7 Å². The van der Waals surface area contributed by atoms with Gasteiger partial charge in [0.2, 0.25) is 11.8 Å². The van der Waals surface area contributed by atoms with Crippen LogP contribution < -0.4 is 10.1 Å². The lowest BCUT2D eigenvalue weighted by Gasteiger charge is -2.16. The van der Waals surface area contributed by atoms with Gasteiger partial charge in [-0.15, -0.1) is 0 Å². The van der Waals surface area contributed by atoms with Crippen molar-refractivity contribution in [2.45, 2.75) is 38.5 Å². The number of likely N-dealkylation sites (tertiary alicyclic amines) is 1. The number of amides is 2. The first-order chi connectivity index (χ1) is 13.2. The number of carbonyl (C=O) groups is 2. The van der Waals surface area contributed by atoms with E-state index in [1.807, 2.05) is 59.5 Å². The lowest BCUT2D eigenvalue weighted by Crippen LogP contribution is -2.33. The van der Waals surface area contributed by atoms with E-state index in [0.29, 0.717) is 32.2 Å². The second kappa shape index (κ2) is 7.82. The van der Waals surface area contributed by atoms with Gasteiger partial charge in [-0.25, -0.2) is 0 Å². The fraction of sp³-hybridized carbons (Fsp3) is 0.364. The van der Waals surface area contributed by atoms with Crippen molar-refractivity contribution in [1.29, 1.82) is 0 Å². The monoisotopic (exact) mass is 364 g/mol. The Hall–Kier alpha value is -2.82. The highest BCUT2D eigenvalue weighted by molar-refractivity contribution is 5.89. The summed E-state index contributed by atoms with van der Waals surface area (Å²) in [6.45, 7) is 1.46. The molecule has 140 valence electrons. The van der Waals surface area contributed by atoms with E-state index in [2.05, 4.69) is 5.32 Å². The van der Waals surface area contributed by atoms with Crippen molar-refractivity contribution in [3.8, 4) is 5.75 Å². The molecule has 4 rings (SSSR count). The van der Waals surface area contributed by atoms with Crippen molar-refractivity contribution in [1.82, 2.24) is 10.2 Å². The van der Waals surface area contributed by atoms with Crippen LogP contribution in [-0.2, 0) is 22.7 Å². The molecular formula is C22H24N2O3. The number of benzene rings is 2. The summed E-state index contributed by atoms with van der Waals surface area (Å²) in [7, 11) is 0. The lowest BCUT2D eigenvalue weighted by atomic mass is 10.1. The molecule has 27 heavy (non-hydrogen) atoms. The van der Waals surface area contributed by atoms with Crippen molar-refractivity contribution >= 4 is 11.8 Å². The average molecular weight is 364 g/mol. The van der Waals surface area contributed by atoms with Crippen molar-refractivity contribution in [2.75, 3.05) is 6.54 Å². The zero-order chi connectivity index (χ0) is 18.6. The molecule has 1 atom stereocenters. The first-order valence-electron chi connectivity index (χ1n) is 9.52. The molecule has 0 radical (unpaired) electrons. The van der Waals surface area contributed by atoms with Gasteiger partial charge in [0, 0.05) is 25.6 Å². The Bertz CT molecular complexity index is 817. The summed E-state index contributed by atoms with van der Waals surface area (Å²) in [5, 5.41) is 3.01. The minimum absolute atomic E-state index is 0.0368. The summed E-state index contributed by atoms with van der Waals surface area (Å²) in [5.41, 5.74) is 2.08. The molecular weight excluding hydrogens is 340 g/mol. The van der Waals surface area contributed by atoms with E-state index < -0.39 is 0 Å². The fourth-order valence-corrected chi connectivity index (χ4v) is 3.52. The van der Waals surface area contributed by atoms with Gasteiger partial charge in [0.25, 0.3) is 0 Å². The van der Waals surface area contributed by atoms with E-state index in [4.69, 9.17) is 4.74 Å². The van der Waals surface area contributed by atoms with Crippen molar-refractivity contribution in [2.24, 2.45) is 5.92 Å². The first kappa shape index (κ1) is 17.6. The van der Waals surface area contributed by atoms with E-state index in [9.17, 15) is 9.59 Å². The van der Waals surface area contributed by atoms with Crippen LogP contribution in [0.25, 0.3) is 0 Å². The third kappa shape index (κ3) is 4.30. The average Bonchev–Trinajstić information content (AvgIpc) is 3.47. The van der Waals surface area contributed by atoms with Gasteiger partial charge in [0.15, 0.2) is 0 Å². The van der Waals surface area contributed by atoms with Gasteiger partial charge in [0.1, 0.15) is 12.4 Å². The van der Waals surface area contributed by atoms with Gasteiger partial charge < -0.3 is 15.0 Å². The maximum Gasteiger partial charge on any atom is 0.225 e. The Morgan fingerprint density at radius 2 is 1.74 bits per heavy atom. The molecule has 1 heterocycles. The number of rotatable bonds is 7. The van der Waals surface area contributed by atoms with Gasteiger partial charge >= 0.3 is 0 Å². The molecule has 2 aliphatic rings. The number of nitrogens with zero attached hydrogens (tertiary/aromatic N) is 1. The molecule has 1 N–H and O–H groups in total. The summed E-state index contributed by atoms with van der Waals surface area (Å²) in [6, 6.07) is 18.0. The molecule has 1 aliphatic heterocycles. The quantitative estimate of drug-likeness (QED) is 0.822. The third-order valence-corrected chi connectivity index (χ3v) is 5.23. The highest BCUT2D eigenvalue weighted by Gasteiger charge is 2.41. The zero-order valence-corrected chi connectivity index (χ0v) is 15.3. The summed E-state index contributed by atoms with van der Waals surface area (Å²) >= 11 is 0. The van der Waals surface area contributed by atoms with Gasteiger partial charge in [-0.3, -0.25) is 9.59 Å². The van der Waals surface area contributed by atoms with Crippen molar-refractivity contribution < 1.29 is 14.3 Å². The maximum atomic E-state index is 12.5. The Labute approximate surface area is 159 Å². The van der Waals surface area contributed by atoms with Gasteiger partial charge in [-0.1, -0.05) is 42.5 Å². The Kier molecular flexibility index (Phi) is 5.10. The highest BCUT2D eigenvalue weighted by Crippen LogP contribution is 2.32. The van der Waals surface area contributed by atoms with Crippen LogP contribution in [0, 0.1) is 5.92 Å². The predicted molar refractivity (Wildman–Crippen MR) is 102 cm³/mol. The molecule has 2 fully saturated rings. The molecule has 1 aliphatic carbocycles. The summed E-state index contributed by atoms with van der Waals surface area (Å²) in [4.78, 5) is 26.5. The first-order valence-corrected chi connectivity index (χ1v) is 9.52. The van der Waals surface area contributed by atoms with Crippen LogP contribution in [0.15, 0.2) is 54.6 Å². The van der Waals surface area contributed by atoms with E-state index in [1.165, 1.54) is 0 Å². The second-order valence-corrected chi connectivity index (χ2v) is 7.27. The molecule has 2 aromatic rings. The Morgan fingerprint density at radius 1 is 1.04 bits per heavy atom. The normalized spacial score (nSPS) is 19.2. The standard InChI is InChI=1S/C22H24N2O3/c25-21-12-18(14-24(21)19-10-11-19)22(26)23-13-16-6-4-5-7-17(16)15-27-20-8-2-1-3-9-20/h1-9,18-19H,10-15H2,(H,23,26). The summed E-state index contributed by atoms with van der Waals surface area (Å²) in [6.07, 6.45) is 2.49. The zero-order valence-electron chi connectivity index (χ0n) is 15.3. The smallest absolute Gasteiger partial charge is 0.225 e. The summed E-state index contributed by atoms with van der Waals surface area (Å²) < 4.78 is 5.84. The second-order valence-electron chi connectivity index (χ2n) is 7.27. The Morgan fingerprint density at radius 3 is 2.48 bits per heavy atom. The van der Waals surface area contributed by atoms with E-state index in [-0.39, 0.29) is 17.7 Å². The molecule has 5 heteroatoms. The largest absolute Gasteiger partial charge is 0.489 e. The minimum atomic E-state index is -0.231. The SMILES string of the molecule is O=C(NCc1ccccc1COc1ccccc1)C1CC(=O)N(C2CC2)C1. The number of carbonyl (C=O) groups excluding carboxylic acids is 2. The van der Waals surface area contributed by atoms with Gasteiger partial charge in [-0.05, 0) is 36.1 Å². The molecule has 0 bridgehead atoms. The predicted octanol–water partition coefficient (Wildman–Crippen LogP) is 2.89. The van der Waals surface area contributed by atoms with Crippen molar-refractivity contribution in [3.63, 3.8) is 0 Å². The topological polar surface area (TPSA) is 58.6 Å². The number of ether oxygens (including phenoxy) is 1. The molecule has 1 saturated carbocycles. The van der Waals surface area contributed by atoms with Crippen LogP contribution in [-0.4, -0.2) is 29.3 Å². The van der Waals surface area contributed by atoms with Crippen LogP contribution in [0.1, 0.15) is 30.4 Å². The number of nitrogens with one attached hydrogen (secondary N) is 1. The van der Waals surface area contributed by atoms with Crippen LogP contribution in [0.5, 0.6) is 5.75 Å². The summed E-state index contributed by atoms with van der Waals surface area (Å²) in [5.74, 6) is 0.673. The molecule has 0 spiro atoms. The third-order valence-electron chi connectivity index (χ3n) is 5.23. The number of para-hydroxylation sites is 1. The number of hydrogen-bond acceptors (Lipinski definition) is 3. The van der Waals surface area contributed by atoms with Crippen LogP contribution >= 0.6 is 0 Å². The van der Waals surface area contributed by atoms with Crippen LogP contribution in [0.3, 0.4) is 0 Å². The van der Waals surface area contributed by atoms with Gasteiger partial charge in [0.05, 0.1) is 5.92 Å². The minimum Gasteiger partial charge on any atom is -0.489 e. The van der Waals surface area contributed by atoms with E-state index in [0.717, 1.165) is 29.7 Å². The number of hydrogen-bond donors (Lipinski definition) is 1. The Balaban J connectivity index is 1.33. The highest BCUT2D eigenvalue weighted by atomic mass is 16.5. The fourth-order valence-electron chi connectivity index (χ4n) is 3.52. The molecule has 1 unspecified atom stereocenters. The molecule has 5 nitrogen and oxygen atoms in total. The van der Waals surface area contributed by atoms with E-state index >= 15 is 0 Å².